The van der Waals surface area contributed by atoms with Crippen LogP contribution in [0, 0.1) is 0 Å². The maximum atomic E-state index is 12.7. The highest BCUT2D eigenvalue weighted by molar-refractivity contribution is 5.79. The van der Waals surface area contributed by atoms with Crippen molar-refractivity contribution in [1.82, 2.24) is 29.8 Å². The lowest BCUT2D eigenvalue weighted by Gasteiger charge is -2.36. The van der Waals surface area contributed by atoms with Crippen LogP contribution in [0.25, 0.3) is 16.8 Å². The van der Waals surface area contributed by atoms with Crippen LogP contribution >= 0.6 is 0 Å². The zero-order valence-corrected chi connectivity index (χ0v) is 23.7. The van der Waals surface area contributed by atoms with Gasteiger partial charge >= 0.3 is 6.09 Å². The van der Waals surface area contributed by atoms with Crippen LogP contribution in [0.2, 0.25) is 0 Å². The summed E-state index contributed by atoms with van der Waals surface area (Å²) in [5.74, 6) is 1.55. The highest BCUT2D eigenvalue weighted by Crippen LogP contribution is 2.27. The summed E-state index contributed by atoms with van der Waals surface area (Å²) in [7, 11) is 0. The number of nitrogens with one attached hydrogen (secondary N) is 2. The first-order chi connectivity index (χ1) is 19.8. The molecule has 1 aliphatic heterocycles. The number of ether oxygens (including phenoxy) is 1. The zero-order valence-electron chi connectivity index (χ0n) is 23.7. The molecule has 1 fully saturated rings. The average molecular weight is 561 g/mol. The van der Waals surface area contributed by atoms with Gasteiger partial charge in [-0.1, -0.05) is 12.1 Å². The quantitative estimate of drug-likeness (QED) is 0.292. The minimum absolute atomic E-state index is 0.109. The Labute approximate surface area is 238 Å². The van der Waals surface area contributed by atoms with Crippen molar-refractivity contribution in [2.24, 2.45) is 0 Å². The van der Waals surface area contributed by atoms with Crippen LogP contribution in [-0.4, -0.2) is 74.8 Å². The van der Waals surface area contributed by atoms with E-state index in [9.17, 15) is 9.59 Å². The largest absolute Gasteiger partial charge is 0.467 e. The molecule has 0 saturated carbocycles. The number of hydrogen-bond donors (Lipinski definition) is 2. The molecule has 0 atom stereocenters. The molecule has 1 aliphatic rings. The van der Waals surface area contributed by atoms with Gasteiger partial charge in [-0.15, -0.1) is 10.2 Å². The molecule has 3 aromatic heterocycles. The lowest BCUT2D eigenvalue weighted by Crippen LogP contribution is -2.48. The molecule has 4 heterocycles. The van der Waals surface area contributed by atoms with Crippen LogP contribution in [0.5, 0.6) is 0 Å². The Kier molecular flexibility index (Phi) is 8.37. The maximum Gasteiger partial charge on any atom is 0.407 e. The van der Waals surface area contributed by atoms with E-state index in [0.29, 0.717) is 50.6 Å². The number of hydrogen-bond acceptors (Lipinski definition) is 9. The van der Waals surface area contributed by atoms with Crippen molar-refractivity contribution in [2.75, 3.05) is 42.9 Å². The van der Waals surface area contributed by atoms with Crippen molar-refractivity contribution < 1.29 is 18.7 Å². The molecule has 2 N–H and O–H groups in total. The number of piperazine rings is 1. The molecule has 0 aliphatic carbocycles. The van der Waals surface area contributed by atoms with Gasteiger partial charge in [-0.3, -0.25) is 9.20 Å². The molecule has 12 nitrogen and oxygen atoms in total. The van der Waals surface area contributed by atoms with Crippen molar-refractivity contribution in [2.45, 2.75) is 45.8 Å². The normalized spacial score (nSPS) is 13.8. The molecular formula is C29H36N8O4. The summed E-state index contributed by atoms with van der Waals surface area (Å²) in [5.41, 5.74) is 3.15. The van der Waals surface area contributed by atoms with Crippen molar-refractivity contribution in [3.63, 3.8) is 0 Å². The van der Waals surface area contributed by atoms with Crippen LogP contribution in [0.15, 0.2) is 59.6 Å². The third kappa shape index (κ3) is 7.13. The predicted octanol–water partition coefficient (Wildman–Crippen LogP) is 3.95. The molecule has 0 unspecified atom stereocenters. The first kappa shape index (κ1) is 27.9. The Bertz CT molecular complexity index is 1450. The third-order valence-electron chi connectivity index (χ3n) is 6.75. The SMILES string of the molecule is CC(C)(C)OC(=O)NCCCC(=O)N1CCN(c2ccc(-c3cnc(NCc4ccco4)n4cnnc34)cc2)CC1. The summed E-state index contributed by atoms with van der Waals surface area (Å²) >= 11 is 0. The fraction of sp³-hybridized carbons (Fsp3) is 0.414. The Hall–Kier alpha value is -4.61. The molecular weight excluding hydrogens is 524 g/mol. The Morgan fingerprint density at radius 2 is 1.85 bits per heavy atom. The average Bonchev–Trinajstić information content (AvgIpc) is 3.66. The molecule has 0 bridgehead atoms. The van der Waals surface area contributed by atoms with Gasteiger partial charge in [0.05, 0.1) is 12.8 Å². The van der Waals surface area contributed by atoms with E-state index in [0.717, 1.165) is 35.7 Å². The van der Waals surface area contributed by atoms with E-state index in [1.807, 2.05) is 42.2 Å². The van der Waals surface area contributed by atoms with Gasteiger partial charge in [0.2, 0.25) is 11.9 Å². The predicted molar refractivity (Wildman–Crippen MR) is 155 cm³/mol. The Morgan fingerprint density at radius 1 is 1.07 bits per heavy atom. The molecule has 5 rings (SSSR count). The highest BCUT2D eigenvalue weighted by atomic mass is 16.6. The minimum atomic E-state index is -0.536. The van der Waals surface area contributed by atoms with Gasteiger partial charge in [-0.05, 0) is 57.0 Å². The zero-order chi connectivity index (χ0) is 28.8. The second kappa shape index (κ2) is 12.3. The molecule has 1 aromatic carbocycles. The summed E-state index contributed by atoms with van der Waals surface area (Å²) in [6.45, 7) is 9.22. The minimum Gasteiger partial charge on any atom is -0.467 e. The van der Waals surface area contributed by atoms with Gasteiger partial charge in [0.25, 0.3) is 0 Å². The second-order valence-corrected chi connectivity index (χ2v) is 10.9. The van der Waals surface area contributed by atoms with Crippen molar-refractivity contribution in [3.05, 3.63) is 60.9 Å². The summed E-state index contributed by atoms with van der Waals surface area (Å²) in [4.78, 5) is 33.2. The number of benzene rings is 1. The maximum absolute atomic E-state index is 12.7. The molecule has 1 saturated heterocycles. The third-order valence-corrected chi connectivity index (χ3v) is 6.75. The molecule has 2 amide bonds. The van der Waals surface area contributed by atoms with Gasteiger partial charge in [0, 0.05) is 56.6 Å². The lowest BCUT2D eigenvalue weighted by molar-refractivity contribution is -0.131. The highest BCUT2D eigenvalue weighted by Gasteiger charge is 2.22. The number of rotatable bonds is 9. The summed E-state index contributed by atoms with van der Waals surface area (Å²) in [6, 6.07) is 12.1. The number of furan rings is 1. The number of carbonyl (C=O) groups is 2. The first-order valence-corrected chi connectivity index (χ1v) is 13.8. The molecule has 12 heteroatoms. The van der Waals surface area contributed by atoms with Crippen LogP contribution in [0.4, 0.5) is 16.4 Å². The van der Waals surface area contributed by atoms with Crippen molar-refractivity contribution in [1.29, 1.82) is 0 Å². The van der Waals surface area contributed by atoms with E-state index in [-0.39, 0.29) is 5.91 Å². The topological polar surface area (TPSA) is 130 Å². The molecule has 216 valence electrons. The van der Waals surface area contributed by atoms with Crippen molar-refractivity contribution >= 4 is 29.3 Å². The second-order valence-electron chi connectivity index (χ2n) is 10.9. The lowest BCUT2D eigenvalue weighted by atomic mass is 10.1. The van der Waals surface area contributed by atoms with E-state index in [2.05, 4.69) is 55.0 Å². The van der Waals surface area contributed by atoms with Crippen LogP contribution < -0.4 is 15.5 Å². The van der Waals surface area contributed by atoms with E-state index >= 15 is 0 Å². The van der Waals surface area contributed by atoms with Crippen LogP contribution in [-0.2, 0) is 16.1 Å². The van der Waals surface area contributed by atoms with Gasteiger partial charge in [-0.25, -0.2) is 9.78 Å². The standard InChI is InChI=1S/C29H36N8O4/c1-29(2,3)41-28(39)30-12-4-7-25(38)36-15-13-35(14-16-36)22-10-8-21(9-11-22)24-19-32-27(37-20-33-34-26(24)37)31-18-23-6-5-17-40-23/h5-6,8-11,17,19-20H,4,7,12-16,18H2,1-3H3,(H,30,39)(H,31,32). The van der Waals surface area contributed by atoms with Crippen LogP contribution in [0.1, 0.15) is 39.4 Å². The monoisotopic (exact) mass is 560 g/mol. The summed E-state index contributed by atoms with van der Waals surface area (Å²) < 4.78 is 12.4. The summed E-state index contributed by atoms with van der Waals surface area (Å²) in [6.07, 6.45) is 5.60. The molecule has 4 aromatic rings. The number of amides is 2. The first-order valence-electron chi connectivity index (χ1n) is 13.8. The molecule has 41 heavy (non-hydrogen) atoms. The fourth-order valence-electron chi connectivity index (χ4n) is 4.70. The number of fused-ring (bicyclic) bond motifs is 1. The molecule has 0 spiro atoms. The van der Waals surface area contributed by atoms with Gasteiger partial charge in [0.15, 0.2) is 5.65 Å². The van der Waals surface area contributed by atoms with Gasteiger partial charge in [0.1, 0.15) is 17.7 Å². The smallest absolute Gasteiger partial charge is 0.407 e. The van der Waals surface area contributed by atoms with E-state index < -0.39 is 11.7 Å². The number of aromatic nitrogens is 4. The fourth-order valence-corrected chi connectivity index (χ4v) is 4.70. The van der Waals surface area contributed by atoms with Gasteiger partial charge < -0.3 is 29.6 Å². The molecule has 0 radical (unpaired) electrons. The Morgan fingerprint density at radius 3 is 2.56 bits per heavy atom. The Balaban J connectivity index is 1.12. The number of anilines is 2. The number of nitrogens with zero attached hydrogens (tertiary/aromatic N) is 6. The van der Waals surface area contributed by atoms with Crippen molar-refractivity contribution in [3.8, 4) is 11.1 Å². The van der Waals surface area contributed by atoms with Crippen LogP contribution in [0.3, 0.4) is 0 Å². The van der Waals surface area contributed by atoms with E-state index in [4.69, 9.17) is 9.15 Å². The number of alkyl carbamates (subject to hydrolysis) is 1. The van der Waals surface area contributed by atoms with E-state index in [1.54, 1.807) is 18.8 Å². The van der Waals surface area contributed by atoms with E-state index in [1.165, 1.54) is 0 Å². The van der Waals surface area contributed by atoms with Gasteiger partial charge in [-0.2, -0.15) is 0 Å². The summed E-state index contributed by atoms with van der Waals surface area (Å²) in [5, 5.41) is 14.4. The number of carbonyl (C=O) groups excluding carboxylic acids is 2.